The van der Waals surface area contributed by atoms with Crippen molar-refractivity contribution in [3.8, 4) is 0 Å². The van der Waals surface area contributed by atoms with Crippen molar-refractivity contribution < 1.29 is 9.53 Å². The van der Waals surface area contributed by atoms with Crippen LogP contribution in [0.2, 0.25) is 0 Å². The number of rotatable bonds is 6. The monoisotopic (exact) mass is 326 g/mol. The number of ether oxygens (including phenoxy) is 1. The van der Waals surface area contributed by atoms with Crippen molar-refractivity contribution in [3.63, 3.8) is 0 Å². The van der Waals surface area contributed by atoms with Gasteiger partial charge >= 0.3 is 6.09 Å². The molecule has 1 amide bonds. The van der Waals surface area contributed by atoms with Crippen molar-refractivity contribution in [3.05, 3.63) is 0 Å². The van der Waals surface area contributed by atoms with Crippen LogP contribution in [-0.2, 0) is 4.74 Å². The standard InChI is InChI=1S/C19H38N2O2/c1-7-11-15(2)20-16(3)14-17-12-9-8-10-13-21(17)18(22)23-19(4,5)6/h15-17,20H,7-14H2,1-6H3. The van der Waals surface area contributed by atoms with E-state index in [1.54, 1.807) is 0 Å². The van der Waals surface area contributed by atoms with E-state index in [0.717, 1.165) is 25.8 Å². The van der Waals surface area contributed by atoms with Gasteiger partial charge in [0.15, 0.2) is 0 Å². The molecule has 0 radical (unpaired) electrons. The van der Waals surface area contributed by atoms with Crippen LogP contribution in [0.3, 0.4) is 0 Å². The summed E-state index contributed by atoms with van der Waals surface area (Å²) in [5.41, 5.74) is -0.423. The lowest BCUT2D eigenvalue weighted by molar-refractivity contribution is 0.0149. The van der Waals surface area contributed by atoms with Gasteiger partial charge in [-0.05, 0) is 60.3 Å². The lowest BCUT2D eigenvalue weighted by Gasteiger charge is -2.34. The smallest absolute Gasteiger partial charge is 0.410 e. The normalized spacial score (nSPS) is 22.3. The molecule has 1 rings (SSSR count). The third-order valence-electron chi connectivity index (χ3n) is 4.42. The van der Waals surface area contributed by atoms with Gasteiger partial charge in [-0.25, -0.2) is 4.79 Å². The highest BCUT2D eigenvalue weighted by Crippen LogP contribution is 2.23. The van der Waals surface area contributed by atoms with Crippen LogP contribution in [0.5, 0.6) is 0 Å². The first-order valence-corrected chi connectivity index (χ1v) is 9.48. The lowest BCUT2D eigenvalue weighted by atomic mass is 10.0. The molecule has 1 heterocycles. The molecule has 0 aromatic heterocycles. The minimum atomic E-state index is -0.423. The van der Waals surface area contributed by atoms with Gasteiger partial charge in [0.25, 0.3) is 0 Å². The number of nitrogens with one attached hydrogen (secondary N) is 1. The molecule has 0 aromatic carbocycles. The van der Waals surface area contributed by atoms with E-state index in [-0.39, 0.29) is 6.09 Å². The summed E-state index contributed by atoms with van der Waals surface area (Å²) in [7, 11) is 0. The van der Waals surface area contributed by atoms with Crippen molar-refractivity contribution in [1.82, 2.24) is 10.2 Å². The first kappa shape index (κ1) is 20.3. The van der Waals surface area contributed by atoms with Gasteiger partial charge in [0, 0.05) is 24.7 Å². The van der Waals surface area contributed by atoms with Gasteiger partial charge in [0.2, 0.25) is 0 Å². The average Bonchev–Trinajstić information content (AvgIpc) is 2.62. The lowest BCUT2D eigenvalue weighted by Crippen LogP contribution is -2.46. The molecular formula is C19H38N2O2. The Bertz CT molecular complexity index is 352. The Morgan fingerprint density at radius 2 is 1.91 bits per heavy atom. The number of carbonyl (C=O) groups is 1. The van der Waals surface area contributed by atoms with Crippen molar-refractivity contribution >= 4 is 6.09 Å². The molecule has 0 saturated carbocycles. The van der Waals surface area contributed by atoms with Gasteiger partial charge in [-0.1, -0.05) is 26.2 Å². The molecule has 3 unspecified atom stereocenters. The molecule has 4 nitrogen and oxygen atoms in total. The van der Waals surface area contributed by atoms with E-state index in [9.17, 15) is 4.79 Å². The van der Waals surface area contributed by atoms with Crippen LogP contribution < -0.4 is 5.32 Å². The van der Waals surface area contributed by atoms with Crippen LogP contribution in [0.1, 0.15) is 86.5 Å². The molecule has 1 saturated heterocycles. The number of amides is 1. The van der Waals surface area contributed by atoms with Crippen molar-refractivity contribution in [1.29, 1.82) is 0 Å². The Balaban J connectivity index is 2.64. The topological polar surface area (TPSA) is 41.6 Å². The summed E-state index contributed by atoms with van der Waals surface area (Å²) in [5, 5.41) is 3.68. The zero-order valence-corrected chi connectivity index (χ0v) is 16.2. The molecule has 3 atom stereocenters. The summed E-state index contributed by atoms with van der Waals surface area (Å²) in [6, 6.07) is 1.25. The van der Waals surface area contributed by atoms with Gasteiger partial charge < -0.3 is 15.0 Å². The van der Waals surface area contributed by atoms with Crippen LogP contribution in [0, 0.1) is 0 Å². The summed E-state index contributed by atoms with van der Waals surface area (Å²) in [4.78, 5) is 14.6. The van der Waals surface area contributed by atoms with E-state index in [0.29, 0.717) is 18.1 Å². The molecule has 1 aliphatic heterocycles. The molecule has 0 bridgehead atoms. The van der Waals surface area contributed by atoms with E-state index >= 15 is 0 Å². The number of likely N-dealkylation sites (tertiary alicyclic amines) is 1. The van der Waals surface area contributed by atoms with Crippen LogP contribution in [-0.4, -0.2) is 41.3 Å². The van der Waals surface area contributed by atoms with Crippen molar-refractivity contribution in [2.24, 2.45) is 0 Å². The Hall–Kier alpha value is -0.770. The summed E-state index contributed by atoms with van der Waals surface area (Å²) in [6.45, 7) is 13.4. The number of carbonyl (C=O) groups excluding carboxylic acids is 1. The first-order valence-electron chi connectivity index (χ1n) is 9.48. The summed E-state index contributed by atoms with van der Waals surface area (Å²) in [6.07, 6.45) is 7.87. The minimum absolute atomic E-state index is 0.141. The average molecular weight is 327 g/mol. The van der Waals surface area contributed by atoms with Gasteiger partial charge in [-0.3, -0.25) is 0 Å². The number of nitrogens with zero attached hydrogens (tertiary/aromatic N) is 1. The third kappa shape index (κ3) is 8.05. The fourth-order valence-corrected chi connectivity index (χ4v) is 3.46. The zero-order chi connectivity index (χ0) is 17.5. The summed E-state index contributed by atoms with van der Waals surface area (Å²) < 4.78 is 5.63. The molecule has 23 heavy (non-hydrogen) atoms. The maximum Gasteiger partial charge on any atom is 0.410 e. The van der Waals surface area contributed by atoms with Crippen molar-refractivity contribution in [2.45, 2.75) is 110 Å². The molecule has 1 aliphatic rings. The minimum Gasteiger partial charge on any atom is -0.444 e. The van der Waals surface area contributed by atoms with Gasteiger partial charge in [-0.15, -0.1) is 0 Å². The molecule has 0 spiro atoms. The number of hydrogen-bond donors (Lipinski definition) is 1. The van der Waals surface area contributed by atoms with Crippen LogP contribution >= 0.6 is 0 Å². The predicted molar refractivity (Wildman–Crippen MR) is 96.8 cm³/mol. The molecular weight excluding hydrogens is 288 g/mol. The van der Waals surface area contributed by atoms with E-state index in [1.807, 2.05) is 25.7 Å². The second kappa shape index (κ2) is 9.51. The Kier molecular flexibility index (Phi) is 8.38. The molecule has 1 N–H and O–H groups in total. The highest BCUT2D eigenvalue weighted by atomic mass is 16.6. The quantitative estimate of drug-likeness (QED) is 0.767. The Labute approximate surface area is 143 Å². The largest absolute Gasteiger partial charge is 0.444 e. The zero-order valence-electron chi connectivity index (χ0n) is 16.2. The van der Waals surface area contributed by atoms with Crippen molar-refractivity contribution in [2.75, 3.05) is 6.54 Å². The van der Waals surface area contributed by atoms with E-state index in [4.69, 9.17) is 4.74 Å². The second-order valence-electron chi connectivity index (χ2n) is 8.17. The molecule has 0 aromatic rings. The summed E-state index contributed by atoms with van der Waals surface area (Å²) in [5.74, 6) is 0. The molecule has 4 heteroatoms. The maximum absolute atomic E-state index is 12.6. The first-order chi connectivity index (χ1) is 10.7. The highest BCUT2D eigenvalue weighted by Gasteiger charge is 2.30. The van der Waals surface area contributed by atoms with Gasteiger partial charge in [0.1, 0.15) is 5.60 Å². The second-order valence-corrected chi connectivity index (χ2v) is 8.17. The van der Waals surface area contributed by atoms with Crippen LogP contribution in [0.25, 0.3) is 0 Å². The molecule has 136 valence electrons. The fourth-order valence-electron chi connectivity index (χ4n) is 3.46. The molecule has 0 aliphatic carbocycles. The number of hydrogen-bond acceptors (Lipinski definition) is 3. The van der Waals surface area contributed by atoms with Gasteiger partial charge in [-0.2, -0.15) is 0 Å². The predicted octanol–water partition coefficient (Wildman–Crippen LogP) is 4.72. The third-order valence-corrected chi connectivity index (χ3v) is 4.42. The van der Waals surface area contributed by atoms with E-state index in [1.165, 1.54) is 25.7 Å². The highest BCUT2D eigenvalue weighted by molar-refractivity contribution is 5.68. The Morgan fingerprint density at radius 3 is 2.52 bits per heavy atom. The van der Waals surface area contributed by atoms with Gasteiger partial charge in [0.05, 0.1) is 0 Å². The molecule has 1 fully saturated rings. The summed E-state index contributed by atoms with van der Waals surface area (Å²) >= 11 is 0. The van der Waals surface area contributed by atoms with E-state index in [2.05, 4.69) is 26.1 Å². The Morgan fingerprint density at radius 1 is 1.22 bits per heavy atom. The van der Waals surface area contributed by atoms with Crippen LogP contribution in [0.15, 0.2) is 0 Å². The maximum atomic E-state index is 12.6. The fraction of sp³-hybridized carbons (Fsp3) is 0.947. The SMILES string of the molecule is CCCC(C)NC(C)CC1CCCCCN1C(=O)OC(C)(C)C. The van der Waals surface area contributed by atoms with E-state index < -0.39 is 5.60 Å². The van der Waals surface area contributed by atoms with Crippen LogP contribution in [0.4, 0.5) is 4.79 Å².